The number of halogens is 1. The van der Waals surface area contributed by atoms with Gasteiger partial charge in [0.15, 0.2) is 0 Å². The number of piperidine rings is 1. The first-order chi connectivity index (χ1) is 6.75. The molecule has 1 saturated heterocycles. The third kappa shape index (κ3) is 2.13. The largest absolute Gasteiger partial charge is 0.310 e. The van der Waals surface area contributed by atoms with Crippen LogP contribution in [0.3, 0.4) is 0 Å². The van der Waals surface area contributed by atoms with Crippen molar-refractivity contribution in [1.29, 1.82) is 0 Å². The smallest absolute Gasteiger partial charge is 0.123 e. The van der Waals surface area contributed by atoms with E-state index in [9.17, 15) is 4.39 Å². The van der Waals surface area contributed by atoms with E-state index in [0.29, 0.717) is 6.04 Å². The zero-order chi connectivity index (χ0) is 9.97. The van der Waals surface area contributed by atoms with Crippen LogP contribution >= 0.6 is 0 Å². The van der Waals surface area contributed by atoms with Gasteiger partial charge in [-0.2, -0.15) is 0 Å². The molecule has 1 heterocycles. The van der Waals surface area contributed by atoms with Gasteiger partial charge in [0.25, 0.3) is 0 Å². The van der Waals surface area contributed by atoms with E-state index in [2.05, 4.69) is 12.2 Å². The molecule has 2 atom stereocenters. The maximum absolute atomic E-state index is 13.0. The quantitative estimate of drug-likeness (QED) is 0.723. The van der Waals surface area contributed by atoms with Crippen molar-refractivity contribution >= 4 is 0 Å². The number of hydrogen-bond donors (Lipinski definition) is 1. The van der Waals surface area contributed by atoms with Gasteiger partial charge >= 0.3 is 0 Å². The van der Waals surface area contributed by atoms with Gasteiger partial charge in [-0.15, -0.1) is 0 Å². The molecule has 76 valence electrons. The molecule has 1 unspecified atom stereocenters. The number of nitrogens with one attached hydrogen (secondary N) is 1. The van der Waals surface area contributed by atoms with E-state index in [-0.39, 0.29) is 5.82 Å². The molecule has 0 radical (unpaired) electrons. The minimum atomic E-state index is -0.136. The maximum Gasteiger partial charge on any atom is 0.123 e. The van der Waals surface area contributed by atoms with Crippen LogP contribution in [-0.4, -0.2) is 6.54 Å². The monoisotopic (exact) mass is 193 g/mol. The molecule has 2 heteroatoms. The van der Waals surface area contributed by atoms with Crippen LogP contribution in [-0.2, 0) is 0 Å². The zero-order valence-corrected chi connectivity index (χ0v) is 8.46. The third-order valence-electron chi connectivity index (χ3n) is 2.91. The highest BCUT2D eigenvalue weighted by Gasteiger charge is 2.18. The summed E-state index contributed by atoms with van der Waals surface area (Å²) < 4.78 is 13.0. The van der Waals surface area contributed by atoms with Gasteiger partial charge in [0, 0.05) is 6.04 Å². The lowest BCUT2D eigenvalue weighted by atomic mass is 9.92. The van der Waals surface area contributed by atoms with E-state index in [4.69, 9.17) is 0 Å². The highest BCUT2D eigenvalue weighted by Crippen LogP contribution is 2.25. The third-order valence-corrected chi connectivity index (χ3v) is 2.91. The van der Waals surface area contributed by atoms with E-state index in [1.807, 2.05) is 6.07 Å². The van der Waals surface area contributed by atoms with Crippen molar-refractivity contribution in [2.45, 2.75) is 25.8 Å². The van der Waals surface area contributed by atoms with Crippen molar-refractivity contribution in [1.82, 2.24) is 5.32 Å². The number of hydrogen-bond acceptors (Lipinski definition) is 1. The Bertz CT molecular complexity index is 303. The fourth-order valence-electron chi connectivity index (χ4n) is 2.01. The normalized spacial score (nSPS) is 27.6. The second kappa shape index (κ2) is 4.09. The van der Waals surface area contributed by atoms with E-state index in [0.717, 1.165) is 24.4 Å². The molecule has 1 aliphatic heterocycles. The van der Waals surface area contributed by atoms with Gasteiger partial charge in [-0.1, -0.05) is 19.1 Å². The summed E-state index contributed by atoms with van der Waals surface area (Å²) in [5.41, 5.74) is 1.08. The van der Waals surface area contributed by atoms with Crippen LogP contribution in [0.2, 0.25) is 0 Å². The van der Waals surface area contributed by atoms with Gasteiger partial charge in [0.1, 0.15) is 5.82 Å². The van der Waals surface area contributed by atoms with Crippen LogP contribution in [0.15, 0.2) is 24.3 Å². The topological polar surface area (TPSA) is 12.0 Å². The predicted octanol–water partition coefficient (Wildman–Crippen LogP) is 2.89. The van der Waals surface area contributed by atoms with Crippen LogP contribution in [0.4, 0.5) is 4.39 Å². The van der Waals surface area contributed by atoms with E-state index in [1.54, 1.807) is 12.1 Å². The molecule has 0 saturated carbocycles. The van der Waals surface area contributed by atoms with Crippen LogP contribution in [0.5, 0.6) is 0 Å². The van der Waals surface area contributed by atoms with Crippen LogP contribution in [0, 0.1) is 11.7 Å². The summed E-state index contributed by atoms with van der Waals surface area (Å²) in [6.45, 7) is 3.29. The number of rotatable bonds is 1. The van der Waals surface area contributed by atoms with Gasteiger partial charge in [0.05, 0.1) is 0 Å². The predicted molar refractivity (Wildman–Crippen MR) is 55.5 cm³/mol. The molecule has 0 aromatic heterocycles. The molecule has 2 rings (SSSR count). The lowest BCUT2D eigenvalue weighted by Gasteiger charge is -2.28. The van der Waals surface area contributed by atoms with E-state index < -0.39 is 0 Å². The Balaban J connectivity index is 2.08. The molecule has 0 amide bonds. The molecule has 1 aromatic rings. The molecule has 0 aliphatic carbocycles. The lowest BCUT2D eigenvalue weighted by Crippen LogP contribution is -2.31. The molecule has 14 heavy (non-hydrogen) atoms. The summed E-state index contributed by atoms with van der Waals surface area (Å²) in [6, 6.07) is 7.26. The van der Waals surface area contributed by atoms with Gasteiger partial charge in [-0.25, -0.2) is 4.39 Å². The summed E-state index contributed by atoms with van der Waals surface area (Å²) in [7, 11) is 0. The minimum Gasteiger partial charge on any atom is -0.310 e. The lowest BCUT2D eigenvalue weighted by molar-refractivity contribution is 0.332. The molecule has 1 aliphatic rings. The van der Waals surface area contributed by atoms with Crippen LogP contribution < -0.4 is 5.32 Å². The molecule has 0 bridgehead atoms. The summed E-state index contributed by atoms with van der Waals surface area (Å²) in [5, 5.41) is 3.45. The van der Waals surface area contributed by atoms with Crippen molar-refractivity contribution in [2.75, 3.05) is 6.54 Å². The number of benzene rings is 1. The molecular weight excluding hydrogens is 177 g/mol. The molecule has 1 aromatic carbocycles. The Kier molecular flexibility index (Phi) is 2.82. The van der Waals surface area contributed by atoms with Crippen molar-refractivity contribution in [3.63, 3.8) is 0 Å². The fourth-order valence-corrected chi connectivity index (χ4v) is 2.01. The maximum atomic E-state index is 13.0. The van der Waals surface area contributed by atoms with Crippen molar-refractivity contribution in [2.24, 2.45) is 5.92 Å². The Morgan fingerprint density at radius 3 is 2.86 bits per heavy atom. The zero-order valence-electron chi connectivity index (χ0n) is 8.46. The molecular formula is C12H16FN. The van der Waals surface area contributed by atoms with E-state index >= 15 is 0 Å². The first-order valence-corrected chi connectivity index (χ1v) is 5.24. The van der Waals surface area contributed by atoms with Crippen molar-refractivity contribution in [3.8, 4) is 0 Å². The Morgan fingerprint density at radius 2 is 2.21 bits per heavy atom. The van der Waals surface area contributed by atoms with Crippen LogP contribution in [0.1, 0.15) is 31.4 Å². The van der Waals surface area contributed by atoms with Gasteiger partial charge in [-0.3, -0.25) is 0 Å². The highest BCUT2D eigenvalue weighted by molar-refractivity contribution is 5.20. The Labute approximate surface area is 84.3 Å². The minimum absolute atomic E-state index is 0.136. The van der Waals surface area contributed by atoms with E-state index in [1.165, 1.54) is 12.5 Å². The van der Waals surface area contributed by atoms with Gasteiger partial charge in [0.2, 0.25) is 0 Å². The average molecular weight is 193 g/mol. The first-order valence-electron chi connectivity index (χ1n) is 5.24. The Morgan fingerprint density at radius 1 is 1.36 bits per heavy atom. The SMILES string of the molecule is C[C@H]1CCC(c2cccc(F)c2)NC1. The Hall–Kier alpha value is -0.890. The summed E-state index contributed by atoms with van der Waals surface area (Å²) >= 11 is 0. The molecule has 0 spiro atoms. The van der Waals surface area contributed by atoms with Crippen molar-refractivity contribution in [3.05, 3.63) is 35.6 Å². The summed E-state index contributed by atoms with van der Waals surface area (Å²) in [6.07, 6.45) is 2.35. The van der Waals surface area contributed by atoms with Crippen molar-refractivity contribution < 1.29 is 4.39 Å². The molecule has 1 N–H and O–H groups in total. The fraction of sp³-hybridized carbons (Fsp3) is 0.500. The average Bonchev–Trinajstić information content (AvgIpc) is 2.19. The van der Waals surface area contributed by atoms with Crippen LogP contribution in [0.25, 0.3) is 0 Å². The van der Waals surface area contributed by atoms with Gasteiger partial charge in [-0.05, 0) is 43.0 Å². The standard InChI is InChI=1S/C12H16FN/c1-9-5-6-12(14-8-9)10-3-2-4-11(13)7-10/h2-4,7,9,12,14H,5-6,8H2,1H3/t9-,12?/m0/s1. The first kappa shape index (κ1) is 9.66. The highest BCUT2D eigenvalue weighted by atomic mass is 19.1. The second-order valence-corrected chi connectivity index (χ2v) is 4.20. The second-order valence-electron chi connectivity index (χ2n) is 4.20. The molecule has 1 fully saturated rings. The summed E-state index contributed by atoms with van der Waals surface area (Å²) in [4.78, 5) is 0. The summed E-state index contributed by atoms with van der Waals surface area (Å²) in [5.74, 6) is 0.614. The molecule has 1 nitrogen and oxygen atoms in total. The van der Waals surface area contributed by atoms with Gasteiger partial charge < -0.3 is 5.32 Å².